The number of rotatable bonds is 8. The Labute approximate surface area is 226 Å². The Morgan fingerprint density at radius 2 is 1.60 bits per heavy atom. The SMILES string of the molecule is COc1cc(C(=O)Nc2ccc(-c3ccc(OC(C)=O)cc3C(F)(F)F)c(COC(C)=O)c2)ccc1S(N)(=O)=O. The van der Waals surface area contributed by atoms with E-state index < -0.39 is 46.2 Å². The third kappa shape index (κ3) is 7.36. The number of benzene rings is 3. The summed E-state index contributed by atoms with van der Waals surface area (Å²) in [4.78, 5) is 35.2. The van der Waals surface area contributed by atoms with Crippen molar-refractivity contribution in [3.63, 3.8) is 0 Å². The van der Waals surface area contributed by atoms with Crippen LogP contribution in [0.25, 0.3) is 11.1 Å². The van der Waals surface area contributed by atoms with E-state index in [2.05, 4.69) is 5.32 Å². The summed E-state index contributed by atoms with van der Waals surface area (Å²) < 4.78 is 80.1. The fourth-order valence-electron chi connectivity index (χ4n) is 3.70. The number of nitrogens with two attached hydrogens (primary N) is 1. The zero-order chi connectivity index (χ0) is 29.8. The molecule has 0 aromatic heterocycles. The molecule has 1 amide bonds. The van der Waals surface area contributed by atoms with Gasteiger partial charge in [-0.2, -0.15) is 13.2 Å². The smallest absolute Gasteiger partial charge is 0.417 e. The molecule has 3 N–H and O–H groups in total. The molecule has 0 unspecified atom stereocenters. The van der Waals surface area contributed by atoms with Gasteiger partial charge in [0.15, 0.2) is 0 Å². The highest BCUT2D eigenvalue weighted by atomic mass is 32.2. The summed E-state index contributed by atoms with van der Waals surface area (Å²) in [5, 5.41) is 7.70. The number of nitrogens with one attached hydrogen (secondary N) is 1. The van der Waals surface area contributed by atoms with Gasteiger partial charge in [0.05, 0.1) is 12.7 Å². The molecular formula is C26H23F3N2O8S. The van der Waals surface area contributed by atoms with Gasteiger partial charge in [-0.3, -0.25) is 14.4 Å². The predicted molar refractivity (Wildman–Crippen MR) is 136 cm³/mol. The van der Waals surface area contributed by atoms with Crippen LogP contribution in [0.1, 0.15) is 35.3 Å². The van der Waals surface area contributed by atoms with Crippen molar-refractivity contribution in [2.45, 2.75) is 31.5 Å². The van der Waals surface area contributed by atoms with Gasteiger partial charge in [-0.25, -0.2) is 13.6 Å². The van der Waals surface area contributed by atoms with Crippen molar-refractivity contribution in [2.24, 2.45) is 5.14 Å². The van der Waals surface area contributed by atoms with Gasteiger partial charge in [-0.1, -0.05) is 12.1 Å². The van der Waals surface area contributed by atoms with Crippen LogP contribution in [0.4, 0.5) is 18.9 Å². The van der Waals surface area contributed by atoms with Crippen LogP contribution < -0.4 is 19.9 Å². The summed E-state index contributed by atoms with van der Waals surface area (Å²) in [5.41, 5.74) is -1.09. The lowest BCUT2D eigenvalue weighted by Crippen LogP contribution is -2.16. The van der Waals surface area contributed by atoms with E-state index in [9.17, 15) is 36.0 Å². The molecule has 0 aliphatic carbocycles. The van der Waals surface area contributed by atoms with Gasteiger partial charge in [0.2, 0.25) is 10.0 Å². The average Bonchev–Trinajstić information content (AvgIpc) is 2.85. The molecule has 0 spiro atoms. The van der Waals surface area contributed by atoms with Crippen LogP contribution in [0.5, 0.6) is 11.5 Å². The highest BCUT2D eigenvalue weighted by molar-refractivity contribution is 7.89. The summed E-state index contributed by atoms with van der Waals surface area (Å²) in [6, 6.07) is 10.4. The first-order valence-corrected chi connectivity index (χ1v) is 12.8. The number of carbonyl (C=O) groups is 3. The minimum Gasteiger partial charge on any atom is -0.495 e. The number of hydrogen-bond donors (Lipinski definition) is 2. The predicted octanol–water partition coefficient (Wildman–Crippen LogP) is 4.27. The monoisotopic (exact) mass is 580 g/mol. The Morgan fingerprint density at radius 1 is 0.925 bits per heavy atom. The van der Waals surface area contributed by atoms with E-state index in [1.807, 2.05) is 0 Å². The average molecular weight is 581 g/mol. The molecule has 0 fully saturated rings. The van der Waals surface area contributed by atoms with Crippen molar-refractivity contribution >= 4 is 33.6 Å². The minimum atomic E-state index is -4.83. The van der Waals surface area contributed by atoms with E-state index in [4.69, 9.17) is 19.3 Å². The second-order valence-electron chi connectivity index (χ2n) is 8.32. The number of amides is 1. The molecular weight excluding hydrogens is 557 g/mol. The van der Waals surface area contributed by atoms with E-state index in [0.717, 1.165) is 32.0 Å². The summed E-state index contributed by atoms with van der Waals surface area (Å²) in [6.07, 6.45) is -4.83. The largest absolute Gasteiger partial charge is 0.495 e. The van der Waals surface area contributed by atoms with Crippen molar-refractivity contribution in [2.75, 3.05) is 12.4 Å². The first kappa shape index (κ1) is 30.1. The molecule has 10 nitrogen and oxygen atoms in total. The second kappa shape index (κ2) is 11.8. The molecule has 0 bridgehead atoms. The van der Waals surface area contributed by atoms with E-state index in [-0.39, 0.29) is 44.3 Å². The molecule has 3 aromatic carbocycles. The van der Waals surface area contributed by atoms with Crippen LogP contribution in [-0.4, -0.2) is 33.4 Å². The summed E-state index contributed by atoms with van der Waals surface area (Å²) >= 11 is 0. The van der Waals surface area contributed by atoms with Gasteiger partial charge >= 0.3 is 18.1 Å². The lowest BCUT2D eigenvalue weighted by atomic mass is 9.94. The van der Waals surface area contributed by atoms with E-state index in [1.165, 1.54) is 37.4 Å². The Morgan fingerprint density at radius 3 is 2.17 bits per heavy atom. The molecule has 0 heterocycles. The molecule has 0 atom stereocenters. The van der Waals surface area contributed by atoms with Gasteiger partial charge in [-0.15, -0.1) is 0 Å². The number of carbonyl (C=O) groups excluding carboxylic acids is 3. The van der Waals surface area contributed by atoms with Crippen molar-refractivity contribution in [1.82, 2.24) is 0 Å². The maximum atomic E-state index is 14.0. The van der Waals surface area contributed by atoms with Crippen molar-refractivity contribution < 1.29 is 50.2 Å². The standard InChI is InChI=1S/C26H23F3N2O8S/c1-14(32)38-13-17-10-18(31-25(34)16-4-9-24(40(30,35)36)23(11-16)37-3)5-7-20(17)21-8-6-19(39-15(2)33)12-22(21)26(27,28)29/h4-12H,13H2,1-3H3,(H,31,34)(H2,30,35,36). The summed E-state index contributed by atoms with van der Waals surface area (Å²) in [7, 11) is -2.93. The van der Waals surface area contributed by atoms with Crippen LogP contribution in [-0.2, 0) is 37.1 Å². The lowest BCUT2D eigenvalue weighted by molar-refractivity contribution is -0.142. The topological polar surface area (TPSA) is 151 Å². The maximum absolute atomic E-state index is 14.0. The molecule has 0 radical (unpaired) electrons. The number of alkyl halides is 3. The Bertz CT molecular complexity index is 1590. The molecule has 0 aliphatic heterocycles. The van der Waals surface area contributed by atoms with E-state index in [0.29, 0.717) is 6.07 Å². The molecule has 0 aliphatic rings. The number of hydrogen-bond acceptors (Lipinski definition) is 8. The number of methoxy groups -OCH3 is 1. The molecule has 14 heteroatoms. The third-order valence-electron chi connectivity index (χ3n) is 5.37. The zero-order valence-corrected chi connectivity index (χ0v) is 22.1. The minimum absolute atomic E-state index is 0.00437. The van der Waals surface area contributed by atoms with E-state index in [1.54, 1.807) is 0 Å². The third-order valence-corrected chi connectivity index (χ3v) is 6.32. The number of anilines is 1. The molecule has 3 aromatic rings. The van der Waals surface area contributed by atoms with E-state index >= 15 is 0 Å². The van der Waals surface area contributed by atoms with Gasteiger partial charge in [0.1, 0.15) is 23.0 Å². The first-order chi connectivity index (χ1) is 18.6. The molecule has 40 heavy (non-hydrogen) atoms. The summed E-state index contributed by atoms with van der Waals surface area (Å²) in [6.45, 7) is 1.75. The molecule has 212 valence electrons. The van der Waals surface area contributed by atoms with Gasteiger partial charge in [-0.05, 0) is 59.2 Å². The fourth-order valence-corrected chi connectivity index (χ4v) is 4.38. The van der Waals surface area contributed by atoms with Crippen molar-refractivity contribution in [3.05, 3.63) is 71.3 Å². The summed E-state index contributed by atoms with van der Waals surface area (Å²) in [5.74, 6) is -2.67. The molecule has 3 rings (SSSR count). The quantitative estimate of drug-likeness (QED) is 0.296. The highest BCUT2D eigenvalue weighted by Gasteiger charge is 2.35. The number of primary sulfonamides is 1. The van der Waals surface area contributed by atoms with Gasteiger partial charge < -0.3 is 19.5 Å². The zero-order valence-electron chi connectivity index (χ0n) is 21.3. The van der Waals surface area contributed by atoms with Gasteiger partial charge in [0, 0.05) is 25.1 Å². The normalized spacial score (nSPS) is 11.5. The second-order valence-corrected chi connectivity index (χ2v) is 9.85. The van der Waals surface area contributed by atoms with Crippen LogP contribution in [0.3, 0.4) is 0 Å². The maximum Gasteiger partial charge on any atom is 0.417 e. The first-order valence-electron chi connectivity index (χ1n) is 11.3. The van der Waals surface area contributed by atoms with Crippen molar-refractivity contribution in [3.8, 4) is 22.6 Å². The number of halogens is 3. The van der Waals surface area contributed by atoms with Crippen LogP contribution >= 0.6 is 0 Å². The molecule has 0 saturated carbocycles. The van der Waals surface area contributed by atoms with Crippen LogP contribution in [0, 0.1) is 0 Å². The number of ether oxygens (including phenoxy) is 3. The van der Waals surface area contributed by atoms with Crippen molar-refractivity contribution in [1.29, 1.82) is 0 Å². The van der Waals surface area contributed by atoms with Gasteiger partial charge in [0.25, 0.3) is 5.91 Å². The number of esters is 2. The van der Waals surface area contributed by atoms with Crippen LogP contribution in [0.2, 0.25) is 0 Å². The molecule has 0 saturated heterocycles. The highest BCUT2D eigenvalue weighted by Crippen LogP contribution is 2.41. The Kier molecular flexibility index (Phi) is 8.85. The number of sulfonamides is 1. The lowest BCUT2D eigenvalue weighted by Gasteiger charge is -2.18. The van der Waals surface area contributed by atoms with Crippen LogP contribution in [0.15, 0.2) is 59.5 Å². The Hall–Kier alpha value is -4.43. The fraction of sp³-hybridized carbons (Fsp3) is 0.192. The Balaban J connectivity index is 2.04.